The molecule has 110 valence electrons. The van der Waals surface area contributed by atoms with Gasteiger partial charge in [-0.3, -0.25) is 4.79 Å². The summed E-state index contributed by atoms with van der Waals surface area (Å²) in [5.41, 5.74) is 5.42. The third-order valence-electron chi connectivity index (χ3n) is 2.46. The second kappa shape index (κ2) is 7.01. The van der Waals surface area contributed by atoms with Gasteiger partial charge in [-0.2, -0.15) is 13.2 Å². The summed E-state index contributed by atoms with van der Waals surface area (Å²) in [7, 11) is 0. The number of amides is 1. The van der Waals surface area contributed by atoms with Gasteiger partial charge in [0.05, 0.1) is 26.2 Å². The van der Waals surface area contributed by atoms with Crippen LogP contribution in [0.15, 0.2) is 0 Å². The van der Waals surface area contributed by atoms with Crippen LogP contribution in [0.3, 0.4) is 0 Å². The van der Waals surface area contributed by atoms with Crippen LogP contribution in [-0.2, 0) is 14.3 Å². The first-order chi connectivity index (χ1) is 8.79. The van der Waals surface area contributed by atoms with Gasteiger partial charge in [-0.15, -0.1) is 0 Å². The molecule has 0 aliphatic carbocycles. The van der Waals surface area contributed by atoms with Crippen molar-refractivity contribution in [2.24, 2.45) is 5.73 Å². The Kier molecular flexibility index (Phi) is 5.95. The van der Waals surface area contributed by atoms with Crippen molar-refractivity contribution in [3.05, 3.63) is 0 Å². The minimum absolute atomic E-state index is 0.111. The van der Waals surface area contributed by atoms with Gasteiger partial charge >= 0.3 is 6.18 Å². The quantitative estimate of drug-likeness (QED) is 0.590. The zero-order valence-electron chi connectivity index (χ0n) is 10.1. The maximum Gasteiger partial charge on any atom is 0.411 e. The van der Waals surface area contributed by atoms with Gasteiger partial charge < -0.3 is 20.1 Å². The SMILES string of the molecule is NC(=S)C1CN(C(=O)CCOCC(F)(F)F)CCO1. The molecule has 1 aliphatic heterocycles. The van der Waals surface area contributed by atoms with E-state index in [-0.39, 0.29) is 30.5 Å². The van der Waals surface area contributed by atoms with E-state index < -0.39 is 18.9 Å². The molecule has 1 atom stereocenters. The van der Waals surface area contributed by atoms with Gasteiger partial charge in [0.1, 0.15) is 17.7 Å². The smallest absolute Gasteiger partial charge is 0.391 e. The van der Waals surface area contributed by atoms with Crippen LogP contribution in [0.4, 0.5) is 13.2 Å². The normalized spacial score (nSPS) is 20.4. The number of hydrogen-bond acceptors (Lipinski definition) is 4. The molecule has 0 aromatic carbocycles. The minimum atomic E-state index is -4.38. The second-order valence-electron chi connectivity index (χ2n) is 4.02. The Hall–Kier alpha value is -0.930. The highest BCUT2D eigenvalue weighted by molar-refractivity contribution is 7.80. The van der Waals surface area contributed by atoms with Crippen LogP contribution >= 0.6 is 12.2 Å². The third kappa shape index (κ3) is 6.17. The molecule has 19 heavy (non-hydrogen) atoms. The average Bonchev–Trinajstić information content (AvgIpc) is 2.33. The zero-order valence-corrected chi connectivity index (χ0v) is 10.9. The fourth-order valence-corrected chi connectivity index (χ4v) is 1.70. The maximum absolute atomic E-state index is 11.8. The number of alkyl halides is 3. The van der Waals surface area contributed by atoms with Crippen LogP contribution in [0, 0.1) is 0 Å². The van der Waals surface area contributed by atoms with Gasteiger partial charge in [-0.05, 0) is 0 Å². The Labute approximate surface area is 113 Å². The molecule has 1 heterocycles. The number of halogens is 3. The number of hydrogen-bond donors (Lipinski definition) is 1. The summed E-state index contributed by atoms with van der Waals surface area (Å²) in [5.74, 6) is -0.299. The number of morpholine rings is 1. The predicted octanol–water partition coefficient (Wildman–Crippen LogP) is 0.469. The second-order valence-corrected chi connectivity index (χ2v) is 4.49. The summed E-state index contributed by atoms with van der Waals surface area (Å²) in [6, 6.07) is 0. The first-order valence-electron chi connectivity index (χ1n) is 5.63. The number of ether oxygens (including phenoxy) is 2. The standard InChI is InChI=1S/C10H15F3N2O3S/c11-10(12,13)6-17-3-1-8(16)15-2-4-18-7(5-15)9(14)19/h7H,1-6H2,(H2,14,19). The maximum atomic E-state index is 11.8. The van der Waals surface area contributed by atoms with Crippen molar-refractivity contribution in [3.8, 4) is 0 Å². The fourth-order valence-electron chi connectivity index (χ4n) is 1.55. The summed E-state index contributed by atoms with van der Waals surface area (Å²) in [6.45, 7) is -0.714. The Morgan fingerprint density at radius 1 is 1.53 bits per heavy atom. The van der Waals surface area contributed by atoms with Crippen LogP contribution in [-0.4, -0.2) is 61.0 Å². The van der Waals surface area contributed by atoms with Crippen molar-refractivity contribution >= 4 is 23.1 Å². The Morgan fingerprint density at radius 3 is 2.79 bits per heavy atom. The monoisotopic (exact) mass is 300 g/mol. The Balaban J connectivity index is 2.27. The molecule has 0 spiro atoms. The summed E-state index contributed by atoms with van der Waals surface area (Å²) < 4.78 is 45.1. The van der Waals surface area contributed by atoms with E-state index in [2.05, 4.69) is 4.74 Å². The summed E-state index contributed by atoms with van der Waals surface area (Å²) >= 11 is 4.77. The molecule has 0 saturated carbocycles. The van der Waals surface area contributed by atoms with Crippen LogP contribution in [0.5, 0.6) is 0 Å². The summed E-state index contributed by atoms with van der Waals surface area (Å²) in [4.78, 5) is 13.3. The number of carbonyl (C=O) groups excluding carboxylic acids is 1. The molecule has 0 bridgehead atoms. The highest BCUT2D eigenvalue weighted by Gasteiger charge is 2.28. The third-order valence-corrected chi connectivity index (χ3v) is 2.73. The number of thiocarbonyl (C=S) groups is 1. The zero-order chi connectivity index (χ0) is 14.5. The van der Waals surface area contributed by atoms with Crippen molar-refractivity contribution in [2.75, 3.05) is 32.9 Å². The average molecular weight is 300 g/mol. The van der Waals surface area contributed by atoms with Gasteiger partial charge in [0.15, 0.2) is 0 Å². The molecule has 1 saturated heterocycles. The minimum Gasteiger partial charge on any atom is -0.391 e. The number of nitrogens with two attached hydrogens (primary N) is 1. The molecule has 0 aromatic rings. The Morgan fingerprint density at radius 2 is 2.21 bits per heavy atom. The first-order valence-corrected chi connectivity index (χ1v) is 6.03. The molecule has 5 nitrogen and oxygen atoms in total. The van der Waals surface area contributed by atoms with Crippen LogP contribution in [0.25, 0.3) is 0 Å². The van der Waals surface area contributed by atoms with Gasteiger partial charge in [-0.25, -0.2) is 0 Å². The first kappa shape index (κ1) is 16.1. The predicted molar refractivity (Wildman–Crippen MR) is 64.6 cm³/mol. The molecule has 0 aromatic heterocycles. The van der Waals surface area contributed by atoms with E-state index >= 15 is 0 Å². The lowest BCUT2D eigenvalue weighted by molar-refractivity contribution is -0.175. The Bertz CT molecular complexity index is 338. The van der Waals surface area contributed by atoms with Gasteiger partial charge in [0.2, 0.25) is 5.91 Å². The van der Waals surface area contributed by atoms with Crippen LogP contribution in [0.2, 0.25) is 0 Å². The molecular formula is C10H15F3N2O3S. The topological polar surface area (TPSA) is 64.8 Å². The van der Waals surface area contributed by atoms with Gasteiger partial charge in [-0.1, -0.05) is 12.2 Å². The molecular weight excluding hydrogens is 285 g/mol. The lowest BCUT2D eigenvalue weighted by Gasteiger charge is -2.32. The molecule has 1 fully saturated rings. The molecule has 2 N–H and O–H groups in total. The highest BCUT2D eigenvalue weighted by atomic mass is 32.1. The van der Waals surface area contributed by atoms with E-state index in [1.807, 2.05) is 0 Å². The molecule has 9 heteroatoms. The number of rotatable bonds is 5. The van der Waals surface area contributed by atoms with Crippen molar-refractivity contribution in [2.45, 2.75) is 18.7 Å². The van der Waals surface area contributed by atoms with E-state index in [1.165, 1.54) is 4.90 Å². The van der Waals surface area contributed by atoms with Crippen LogP contribution < -0.4 is 5.73 Å². The van der Waals surface area contributed by atoms with Gasteiger partial charge in [0.25, 0.3) is 0 Å². The van der Waals surface area contributed by atoms with Gasteiger partial charge in [0, 0.05) is 6.54 Å². The largest absolute Gasteiger partial charge is 0.411 e. The molecule has 1 rings (SSSR count). The van der Waals surface area contributed by atoms with E-state index in [4.69, 9.17) is 22.7 Å². The lowest BCUT2D eigenvalue weighted by atomic mass is 10.2. The molecule has 1 amide bonds. The van der Waals surface area contributed by atoms with E-state index in [9.17, 15) is 18.0 Å². The highest BCUT2D eigenvalue weighted by Crippen LogP contribution is 2.14. The number of carbonyl (C=O) groups is 1. The molecule has 1 unspecified atom stereocenters. The lowest BCUT2D eigenvalue weighted by Crippen LogP contribution is -2.50. The van der Waals surface area contributed by atoms with Crippen molar-refractivity contribution < 1.29 is 27.4 Å². The fraction of sp³-hybridized carbons (Fsp3) is 0.800. The van der Waals surface area contributed by atoms with Crippen molar-refractivity contribution in [1.82, 2.24) is 4.90 Å². The van der Waals surface area contributed by atoms with E-state index in [0.29, 0.717) is 13.2 Å². The molecule has 1 aliphatic rings. The summed E-state index contributed by atoms with van der Waals surface area (Å²) in [6.07, 6.45) is -4.98. The van der Waals surface area contributed by atoms with Crippen molar-refractivity contribution in [1.29, 1.82) is 0 Å². The van der Waals surface area contributed by atoms with E-state index in [0.717, 1.165) is 0 Å². The van der Waals surface area contributed by atoms with E-state index in [1.54, 1.807) is 0 Å². The van der Waals surface area contributed by atoms with Crippen molar-refractivity contribution in [3.63, 3.8) is 0 Å². The summed E-state index contributed by atoms with van der Waals surface area (Å²) in [5, 5.41) is 0. The van der Waals surface area contributed by atoms with Crippen LogP contribution in [0.1, 0.15) is 6.42 Å². The number of nitrogens with zero attached hydrogens (tertiary/aromatic N) is 1. The molecule has 0 radical (unpaired) electrons.